The Labute approximate surface area is 89.3 Å². The lowest BCUT2D eigenvalue weighted by atomic mass is 10.4. The fourth-order valence-electron chi connectivity index (χ4n) is 1.15. The topological polar surface area (TPSA) is 33.6 Å². The number of rotatable bonds is 0. The van der Waals surface area contributed by atoms with Crippen molar-refractivity contribution in [3.63, 3.8) is 0 Å². The van der Waals surface area contributed by atoms with Crippen molar-refractivity contribution in [3.05, 3.63) is 21.1 Å². The number of hydrogen-bond donors (Lipinski definition) is 1. The quantitative estimate of drug-likeness (QED) is 0.561. The minimum Gasteiger partial charge on any atom is -0.328 e. The van der Waals surface area contributed by atoms with Crippen LogP contribution in [0.25, 0.3) is 11.0 Å². The Morgan fingerprint density at radius 3 is 2.92 bits per heavy atom. The van der Waals surface area contributed by atoms with E-state index in [1.807, 2.05) is 7.05 Å². The van der Waals surface area contributed by atoms with Crippen molar-refractivity contribution in [1.29, 1.82) is 0 Å². The van der Waals surface area contributed by atoms with Gasteiger partial charge in [-0.15, -0.1) is 0 Å². The molecule has 0 saturated heterocycles. The summed E-state index contributed by atoms with van der Waals surface area (Å²) < 4.78 is 2.39. The first-order valence-electron chi connectivity index (χ1n) is 3.50. The highest BCUT2D eigenvalue weighted by atomic mass is 35.5. The molecular weight excluding hydrogens is 229 g/mol. The summed E-state index contributed by atoms with van der Waals surface area (Å²) in [5, 5.41) is 0.705. The van der Waals surface area contributed by atoms with Gasteiger partial charge >= 0.3 is 0 Å². The molecule has 0 atom stereocenters. The van der Waals surface area contributed by atoms with Gasteiger partial charge in [-0.05, 0) is 12.2 Å². The zero-order chi connectivity index (χ0) is 9.59. The van der Waals surface area contributed by atoms with Crippen LogP contribution in [0.2, 0.25) is 10.3 Å². The lowest BCUT2D eigenvalue weighted by Crippen LogP contribution is -1.87. The summed E-state index contributed by atoms with van der Waals surface area (Å²) in [4.78, 5) is 6.84. The molecule has 0 spiro atoms. The smallest absolute Gasteiger partial charge is 0.177 e. The second-order valence-electron chi connectivity index (χ2n) is 2.62. The molecule has 6 heteroatoms. The van der Waals surface area contributed by atoms with Gasteiger partial charge in [0.25, 0.3) is 0 Å². The minimum atomic E-state index is 0.342. The van der Waals surface area contributed by atoms with Crippen LogP contribution in [0.1, 0.15) is 0 Å². The van der Waals surface area contributed by atoms with Gasteiger partial charge in [-0.25, -0.2) is 4.98 Å². The Bertz CT molecular complexity index is 528. The number of pyridine rings is 1. The molecule has 0 fully saturated rings. The third kappa shape index (κ3) is 1.35. The lowest BCUT2D eigenvalue weighted by molar-refractivity contribution is 0.927. The molecule has 0 bridgehead atoms. The number of aromatic nitrogens is 3. The molecular formula is C7H5Cl2N3S. The summed E-state index contributed by atoms with van der Waals surface area (Å²) in [7, 11) is 1.84. The normalized spacial score (nSPS) is 11.0. The Morgan fingerprint density at radius 1 is 1.54 bits per heavy atom. The zero-order valence-electron chi connectivity index (χ0n) is 6.64. The fourth-order valence-corrected chi connectivity index (χ4v) is 1.82. The molecule has 1 N–H and O–H groups in total. The highest BCUT2D eigenvalue weighted by Crippen LogP contribution is 2.23. The van der Waals surface area contributed by atoms with Crippen molar-refractivity contribution in [3.8, 4) is 0 Å². The molecule has 3 nitrogen and oxygen atoms in total. The van der Waals surface area contributed by atoms with Gasteiger partial charge < -0.3 is 9.55 Å². The van der Waals surface area contributed by atoms with Crippen LogP contribution >= 0.6 is 35.4 Å². The van der Waals surface area contributed by atoms with Gasteiger partial charge in [-0.2, -0.15) is 0 Å². The molecule has 0 radical (unpaired) electrons. The molecule has 68 valence electrons. The molecule has 0 aliphatic carbocycles. The van der Waals surface area contributed by atoms with Crippen LogP contribution in [0.3, 0.4) is 0 Å². The first-order valence-corrected chi connectivity index (χ1v) is 4.67. The van der Waals surface area contributed by atoms with Crippen LogP contribution < -0.4 is 0 Å². The predicted octanol–water partition coefficient (Wildman–Crippen LogP) is 2.94. The number of fused-ring (bicyclic) bond motifs is 1. The third-order valence-corrected chi connectivity index (χ3v) is 2.66. The Balaban J connectivity index is 3.03. The van der Waals surface area contributed by atoms with Gasteiger partial charge in [0.15, 0.2) is 9.92 Å². The van der Waals surface area contributed by atoms with E-state index in [2.05, 4.69) is 9.97 Å². The van der Waals surface area contributed by atoms with Crippen LogP contribution in [0.4, 0.5) is 0 Å². The summed E-state index contributed by atoms with van der Waals surface area (Å²) in [5.74, 6) is 0. The van der Waals surface area contributed by atoms with E-state index in [1.165, 1.54) is 0 Å². The molecule has 2 rings (SSSR count). The Kier molecular flexibility index (Phi) is 2.06. The zero-order valence-corrected chi connectivity index (χ0v) is 8.96. The van der Waals surface area contributed by atoms with Crippen molar-refractivity contribution in [1.82, 2.24) is 14.5 Å². The number of H-pyrrole nitrogens is 1. The maximum atomic E-state index is 5.86. The van der Waals surface area contributed by atoms with E-state index >= 15 is 0 Å². The van der Waals surface area contributed by atoms with Crippen molar-refractivity contribution >= 4 is 46.5 Å². The van der Waals surface area contributed by atoms with E-state index in [9.17, 15) is 0 Å². The standard InChI is InChI=1S/C7H5Cl2N3S/c1-12-3-2-4(8)10-6(9)5(3)11-7(12)13/h2H,1H3,(H,11,13). The molecule has 0 amide bonds. The van der Waals surface area contributed by atoms with Gasteiger partial charge in [0.2, 0.25) is 0 Å². The summed E-state index contributed by atoms with van der Waals surface area (Å²) in [6.45, 7) is 0. The number of hydrogen-bond acceptors (Lipinski definition) is 2. The van der Waals surface area contributed by atoms with E-state index < -0.39 is 0 Å². The number of aromatic amines is 1. The molecule has 2 heterocycles. The molecule has 0 aromatic carbocycles. The van der Waals surface area contributed by atoms with Gasteiger partial charge in [0, 0.05) is 13.1 Å². The van der Waals surface area contributed by atoms with Crippen LogP contribution in [-0.2, 0) is 7.05 Å². The van der Waals surface area contributed by atoms with E-state index in [1.54, 1.807) is 10.6 Å². The first-order chi connectivity index (χ1) is 6.09. The fraction of sp³-hybridized carbons (Fsp3) is 0.143. The maximum Gasteiger partial charge on any atom is 0.177 e. The number of nitrogens with one attached hydrogen (secondary N) is 1. The van der Waals surface area contributed by atoms with Gasteiger partial charge in [0.1, 0.15) is 10.7 Å². The highest BCUT2D eigenvalue weighted by Gasteiger charge is 2.07. The van der Waals surface area contributed by atoms with Crippen LogP contribution in [0, 0.1) is 4.77 Å². The molecule has 0 saturated carbocycles. The van der Waals surface area contributed by atoms with Crippen LogP contribution in [-0.4, -0.2) is 14.5 Å². The monoisotopic (exact) mass is 233 g/mol. The summed E-state index contributed by atoms with van der Waals surface area (Å²) in [6, 6.07) is 1.72. The molecule has 13 heavy (non-hydrogen) atoms. The average molecular weight is 234 g/mol. The third-order valence-electron chi connectivity index (χ3n) is 1.82. The second-order valence-corrected chi connectivity index (χ2v) is 3.75. The van der Waals surface area contributed by atoms with Gasteiger partial charge in [-0.1, -0.05) is 23.2 Å². The molecule has 0 aliphatic rings. The number of halogens is 2. The predicted molar refractivity (Wildman–Crippen MR) is 55.9 cm³/mol. The summed E-state index contributed by atoms with van der Waals surface area (Å²) in [6.07, 6.45) is 0. The molecule has 0 aliphatic heterocycles. The highest BCUT2D eigenvalue weighted by molar-refractivity contribution is 7.71. The largest absolute Gasteiger partial charge is 0.328 e. The summed E-state index contributed by atoms with van der Waals surface area (Å²) >= 11 is 16.6. The SMILES string of the molecule is Cn1c(=S)[nH]c2c(Cl)nc(Cl)cc21. The second kappa shape index (κ2) is 2.97. The van der Waals surface area contributed by atoms with E-state index in [0.29, 0.717) is 15.1 Å². The maximum absolute atomic E-state index is 5.86. The van der Waals surface area contributed by atoms with Crippen molar-refractivity contribution < 1.29 is 0 Å². The Morgan fingerprint density at radius 2 is 2.23 bits per heavy atom. The average Bonchev–Trinajstić information content (AvgIpc) is 2.32. The van der Waals surface area contributed by atoms with E-state index in [-0.39, 0.29) is 0 Å². The molecule has 0 unspecified atom stereocenters. The van der Waals surface area contributed by atoms with Crippen LogP contribution in [0.5, 0.6) is 0 Å². The first kappa shape index (κ1) is 8.99. The van der Waals surface area contributed by atoms with Crippen molar-refractivity contribution in [2.24, 2.45) is 7.05 Å². The number of aryl methyl sites for hydroxylation is 1. The summed E-state index contributed by atoms with van der Waals surface area (Å²) in [5.41, 5.74) is 1.58. The minimum absolute atomic E-state index is 0.342. The van der Waals surface area contributed by atoms with Crippen molar-refractivity contribution in [2.75, 3.05) is 0 Å². The molecule has 2 aromatic rings. The Hall–Kier alpha value is -0.580. The molecule has 2 aromatic heterocycles. The van der Waals surface area contributed by atoms with E-state index in [0.717, 1.165) is 11.0 Å². The van der Waals surface area contributed by atoms with Crippen molar-refractivity contribution in [2.45, 2.75) is 0 Å². The van der Waals surface area contributed by atoms with Gasteiger partial charge in [0.05, 0.1) is 5.52 Å². The lowest BCUT2D eigenvalue weighted by Gasteiger charge is -1.96. The van der Waals surface area contributed by atoms with E-state index in [4.69, 9.17) is 35.4 Å². The van der Waals surface area contributed by atoms with Gasteiger partial charge in [-0.3, -0.25) is 0 Å². The van der Waals surface area contributed by atoms with Crippen LogP contribution in [0.15, 0.2) is 6.07 Å². The number of nitrogens with zero attached hydrogens (tertiary/aromatic N) is 2. The number of imidazole rings is 1.